The minimum absolute atomic E-state index is 0.497. The Morgan fingerprint density at radius 1 is 0.733 bits per heavy atom. The van der Waals surface area contributed by atoms with Crippen molar-refractivity contribution in [2.45, 2.75) is 57.3 Å². The SMILES string of the molecule is CC1=C(C)[CH]([Zr]([CH3])([CH3])([CH]2C=C(c3ccccc3)c3ccccc32)=[Si](C)C)C(C)=C1C. The molecule has 2 aliphatic carbocycles. The van der Waals surface area contributed by atoms with Gasteiger partial charge in [0.25, 0.3) is 0 Å². The van der Waals surface area contributed by atoms with Crippen molar-refractivity contribution >= 4 is 11.0 Å². The Labute approximate surface area is 184 Å². The first-order chi connectivity index (χ1) is 14.1. The van der Waals surface area contributed by atoms with Crippen LogP contribution in [0.1, 0.15) is 48.0 Å². The van der Waals surface area contributed by atoms with Crippen molar-refractivity contribution in [1.29, 1.82) is 0 Å². The van der Waals surface area contributed by atoms with Gasteiger partial charge >= 0.3 is 185 Å². The fraction of sp³-hybridized carbons (Fsp3) is 0.357. The van der Waals surface area contributed by atoms with Crippen LogP contribution in [-0.4, -0.2) is 5.43 Å². The van der Waals surface area contributed by atoms with Crippen molar-refractivity contribution < 1.29 is 17.4 Å². The Morgan fingerprint density at radius 3 is 1.83 bits per heavy atom. The summed E-state index contributed by atoms with van der Waals surface area (Å²) in [5.74, 6) is 0. The summed E-state index contributed by atoms with van der Waals surface area (Å²) in [6.45, 7) is 14.8. The van der Waals surface area contributed by atoms with E-state index < -0.39 is 22.8 Å². The third kappa shape index (κ3) is 2.94. The first-order valence-corrected chi connectivity index (χ1v) is 25.2. The summed E-state index contributed by atoms with van der Waals surface area (Å²) >= 11 is -3.37. The van der Waals surface area contributed by atoms with E-state index in [9.17, 15) is 0 Å². The van der Waals surface area contributed by atoms with Gasteiger partial charge in [-0.15, -0.1) is 0 Å². The van der Waals surface area contributed by atoms with Crippen LogP contribution in [0.15, 0.2) is 83.0 Å². The molecule has 0 saturated carbocycles. The van der Waals surface area contributed by atoms with Gasteiger partial charge in [-0.3, -0.25) is 0 Å². The van der Waals surface area contributed by atoms with Crippen LogP contribution in [0.2, 0.25) is 26.0 Å². The molecule has 0 aromatic heterocycles. The van der Waals surface area contributed by atoms with E-state index in [1.807, 2.05) is 0 Å². The van der Waals surface area contributed by atoms with Crippen molar-refractivity contribution in [3.63, 3.8) is 0 Å². The van der Waals surface area contributed by atoms with Crippen LogP contribution in [0.25, 0.3) is 5.57 Å². The Bertz CT molecular complexity index is 1170. The van der Waals surface area contributed by atoms with Gasteiger partial charge in [-0.05, 0) is 0 Å². The van der Waals surface area contributed by atoms with E-state index in [2.05, 4.69) is 111 Å². The summed E-state index contributed by atoms with van der Waals surface area (Å²) in [5.41, 5.74) is 11.9. The fourth-order valence-electron chi connectivity index (χ4n) is 6.43. The molecule has 0 amide bonds. The molecule has 4 rings (SSSR count). The van der Waals surface area contributed by atoms with E-state index in [4.69, 9.17) is 0 Å². The zero-order valence-electron chi connectivity index (χ0n) is 19.9. The molecule has 0 radical (unpaired) electrons. The third-order valence-electron chi connectivity index (χ3n) is 9.04. The van der Waals surface area contributed by atoms with Gasteiger partial charge in [0.1, 0.15) is 0 Å². The Morgan fingerprint density at radius 2 is 1.27 bits per heavy atom. The topological polar surface area (TPSA) is 0 Å². The number of benzene rings is 2. The number of hydrogen-bond acceptors (Lipinski definition) is 0. The van der Waals surface area contributed by atoms with Gasteiger partial charge in [0.15, 0.2) is 0 Å². The molecular weight excluding hydrogens is 456 g/mol. The number of rotatable bonds is 3. The predicted octanol–water partition coefficient (Wildman–Crippen LogP) is 8.68. The van der Waals surface area contributed by atoms with Gasteiger partial charge in [0.05, 0.1) is 0 Å². The summed E-state index contributed by atoms with van der Waals surface area (Å²) in [6.07, 6.45) is 2.70. The predicted molar refractivity (Wildman–Crippen MR) is 132 cm³/mol. The Kier molecular flexibility index (Phi) is 5.43. The molecule has 156 valence electrons. The molecule has 1 atom stereocenters. The molecular formula is C28H36SiZr. The molecule has 0 fully saturated rings. The minimum atomic E-state index is -3.37. The van der Waals surface area contributed by atoms with Crippen LogP contribution in [0, 0.1) is 0 Å². The standard InChI is InChI=1S/C15H11.C9H13.C2H6Si.2CH3.Zr/c1-2-6-12(7-3-1)15-11-10-13-8-4-5-9-14(13)15;1-6-5-7(2)9(4)8(6)3;1-3-2;;;/h1-11H;5H,1-4H3;1-2H3;2*1H3;. The van der Waals surface area contributed by atoms with Crippen LogP contribution in [0.4, 0.5) is 0 Å². The number of allylic oxidation sites excluding steroid dienone is 5. The van der Waals surface area contributed by atoms with E-state index in [0.717, 1.165) is 0 Å². The second kappa shape index (κ2) is 7.42. The molecule has 0 heterocycles. The van der Waals surface area contributed by atoms with Crippen molar-refractivity contribution in [3.05, 3.63) is 99.7 Å². The van der Waals surface area contributed by atoms with Crippen LogP contribution in [-0.2, 0) is 17.4 Å². The first-order valence-electron chi connectivity index (χ1n) is 11.3. The summed E-state index contributed by atoms with van der Waals surface area (Å²) in [7, 11) is 0. The summed E-state index contributed by atoms with van der Waals surface area (Å²) < 4.78 is 6.92. The van der Waals surface area contributed by atoms with Gasteiger partial charge in [-0.25, -0.2) is 0 Å². The van der Waals surface area contributed by atoms with Gasteiger partial charge in [0.2, 0.25) is 0 Å². The molecule has 1 unspecified atom stereocenters. The zero-order valence-corrected chi connectivity index (χ0v) is 23.4. The molecule has 0 bridgehead atoms. The van der Waals surface area contributed by atoms with Gasteiger partial charge in [-0.2, -0.15) is 0 Å². The van der Waals surface area contributed by atoms with E-state index in [-0.39, 0.29) is 0 Å². The molecule has 2 heteroatoms. The summed E-state index contributed by atoms with van der Waals surface area (Å²) in [4.78, 5) is 0. The van der Waals surface area contributed by atoms with Crippen LogP contribution < -0.4 is 0 Å². The summed E-state index contributed by atoms with van der Waals surface area (Å²) in [6, 6.07) is 20.3. The van der Waals surface area contributed by atoms with Crippen LogP contribution in [0.3, 0.4) is 0 Å². The van der Waals surface area contributed by atoms with Crippen molar-refractivity contribution in [1.82, 2.24) is 0 Å². The van der Waals surface area contributed by atoms with E-state index >= 15 is 0 Å². The normalized spacial score (nSPS) is 20.0. The molecule has 2 aromatic carbocycles. The molecule has 2 aliphatic rings. The van der Waals surface area contributed by atoms with E-state index in [0.29, 0.717) is 7.25 Å². The monoisotopic (exact) mass is 490 g/mol. The van der Waals surface area contributed by atoms with Gasteiger partial charge in [0, 0.05) is 0 Å². The maximum absolute atomic E-state index is 3.37. The number of fused-ring (bicyclic) bond motifs is 1. The fourth-order valence-corrected chi connectivity index (χ4v) is 33.6. The zero-order chi connectivity index (χ0) is 21.9. The molecule has 0 spiro atoms. The molecule has 30 heavy (non-hydrogen) atoms. The van der Waals surface area contributed by atoms with E-state index in [1.54, 1.807) is 27.9 Å². The molecule has 0 N–H and O–H groups in total. The van der Waals surface area contributed by atoms with Gasteiger partial charge < -0.3 is 0 Å². The van der Waals surface area contributed by atoms with Crippen LogP contribution in [0.5, 0.6) is 0 Å². The van der Waals surface area contributed by atoms with Crippen LogP contribution >= 0.6 is 0 Å². The molecule has 0 nitrogen and oxygen atoms in total. The molecule has 0 aliphatic heterocycles. The second-order valence-electron chi connectivity index (χ2n) is 10.7. The van der Waals surface area contributed by atoms with Crippen molar-refractivity contribution in [2.75, 3.05) is 0 Å². The Balaban J connectivity index is 2.04. The third-order valence-corrected chi connectivity index (χ3v) is 51.4. The van der Waals surface area contributed by atoms with Crippen molar-refractivity contribution in [3.8, 4) is 0 Å². The first kappa shape index (κ1) is 22.0. The van der Waals surface area contributed by atoms with Crippen molar-refractivity contribution in [2.24, 2.45) is 0 Å². The average molecular weight is 492 g/mol. The second-order valence-corrected chi connectivity index (χ2v) is 45.2. The quantitative estimate of drug-likeness (QED) is 0.377. The summed E-state index contributed by atoms with van der Waals surface area (Å²) in [5, 5.41) is 0. The Hall–Kier alpha value is -1.24. The maximum atomic E-state index is 2.81. The average Bonchev–Trinajstić information content (AvgIpc) is 3.22. The molecule has 0 saturated heterocycles. The van der Waals surface area contributed by atoms with E-state index in [1.165, 1.54) is 16.7 Å². The molecule has 2 aromatic rings. The number of hydrogen-bond donors (Lipinski definition) is 0. The van der Waals surface area contributed by atoms with Gasteiger partial charge in [-0.1, -0.05) is 0 Å².